The molecule has 0 aliphatic heterocycles. The SMILES string of the molecule is CC1=CC(C)(C)c2cc3[cH-]c4cc5c(cc4c3cc21)C(C)=CC5(C)C.CC1=CC(C)[C-]=C1.FC(F)(F)c1cccc([C](=[Zr+2])c2cccc(C(F)(F)F)c2)c1.[Cl-].[Cl-]. The van der Waals surface area contributed by atoms with E-state index in [-0.39, 0.29) is 46.8 Å². The second-order valence-corrected chi connectivity index (χ2v) is 17.0. The first-order valence-electron chi connectivity index (χ1n) is 17.9. The first-order chi connectivity index (χ1) is 25.0. The fraction of sp³-hybridized carbons (Fsp3) is 0.277. The summed E-state index contributed by atoms with van der Waals surface area (Å²) in [6, 6.07) is 21.3. The van der Waals surface area contributed by atoms with Crippen molar-refractivity contribution in [3.63, 3.8) is 0 Å². The van der Waals surface area contributed by atoms with E-state index in [1.54, 1.807) is 0 Å². The molecule has 0 nitrogen and oxygen atoms in total. The topological polar surface area (TPSA) is 0 Å². The van der Waals surface area contributed by atoms with Crippen LogP contribution in [0.25, 0.3) is 32.7 Å². The Labute approximate surface area is 353 Å². The number of alkyl halides is 6. The van der Waals surface area contributed by atoms with Crippen LogP contribution in [0.1, 0.15) is 99.9 Å². The molecule has 0 saturated heterocycles. The minimum absolute atomic E-state index is 0. The number of hydrogen-bond acceptors (Lipinski definition) is 0. The fourth-order valence-corrected chi connectivity index (χ4v) is 8.60. The minimum atomic E-state index is -4.49. The number of fused-ring (bicyclic) bond motifs is 5. The quantitative estimate of drug-likeness (QED) is 0.125. The second-order valence-electron chi connectivity index (χ2n) is 15.8. The van der Waals surface area contributed by atoms with E-state index >= 15 is 0 Å². The molecule has 0 heterocycles. The molecule has 292 valence electrons. The summed E-state index contributed by atoms with van der Waals surface area (Å²) in [6.45, 7) is 18.0. The van der Waals surface area contributed by atoms with Crippen LogP contribution < -0.4 is 24.8 Å². The van der Waals surface area contributed by atoms with E-state index in [1.807, 2.05) is 6.08 Å². The Balaban J connectivity index is 0.000000207. The van der Waals surface area contributed by atoms with E-state index in [9.17, 15) is 26.3 Å². The molecule has 5 aromatic rings. The maximum absolute atomic E-state index is 12.7. The number of rotatable bonds is 2. The zero-order chi connectivity index (χ0) is 39.5. The molecule has 3 aliphatic carbocycles. The van der Waals surface area contributed by atoms with Crippen molar-refractivity contribution in [2.45, 2.75) is 78.6 Å². The van der Waals surface area contributed by atoms with Gasteiger partial charge in [0.05, 0.1) is 0 Å². The van der Waals surface area contributed by atoms with Gasteiger partial charge in [0.2, 0.25) is 0 Å². The van der Waals surface area contributed by atoms with Crippen LogP contribution in [0.15, 0.2) is 109 Å². The van der Waals surface area contributed by atoms with Gasteiger partial charge in [-0.05, 0) is 36.1 Å². The molecule has 8 rings (SSSR count). The molecule has 0 amide bonds. The molecule has 0 N–H and O–H groups in total. The zero-order valence-corrected chi connectivity index (χ0v) is 36.4. The molecular formula is C47H42Cl2F6Zr-2. The molecule has 0 radical (unpaired) electrons. The molecule has 1 unspecified atom stereocenters. The third-order valence-corrected chi connectivity index (χ3v) is 11.8. The molecule has 56 heavy (non-hydrogen) atoms. The van der Waals surface area contributed by atoms with Crippen molar-refractivity contribution in [3.05, 3.63) is 159 Å². The standard InChI is InChI=1S/C25H25.C15H8F6.C7H9.2ClH.Zr/c1-14-12-24(3,4)22-8-16-7-17-9-23-19(15(2)13-25(23,5)6)11-21(17)20(16)10-18(14)22;16-14(17,18)12-5-1-3-10(8-12)7-11-4-2-6-13(9-11)15(19,20)21;1-6-3-4-7(2)5-6;;;/h7-13H,1-6H3;1-6,8-9H;3,5,7H,1-2H3;2*1H;/q-1;;-1;;;+2/p-2. The van der Waals surface area contributed by atoms with Gasteiger partial charge in [0, 0.05) is 10.8 Å². The van der Waals surface area contributed by atoms with Crippen molar-refractivity contribution >= 4 is 35.9 Å². The van der Waals surface area contributed by atoms with E-state index in [1.165, 1.54) is 84.8 Å². The van der Waals surface area contributed by atoms with E-state index in [2.05, 4.69) is 110 Å². The smallest absolute Gasteiger partial charge is 1.00 e. The van der Waals surface area contributed by atoms with Gasteiger partial charge in [0.15, 0.2) is 0 Å². The Bertz CT molecular complexity index is 2280. The summed E-state index contributed by atoms with van der Waals surface area (Å²) in [5.74, 6) is 0.556. The summed E-state index contributed by atoms with van der Waals surface area (Å²) in [5, 5.41) is 5.57. The van der Waals surface area contributed by atoms with Gasteiger partial charge in [0.25, 0.3) is 0 Å². The second kappa shape index (κ2) is 16.5. The maximum atomic E-state index is 12.7. The summed E-state index contributed by atoms with van der Waals surface area (Å²) in [6.07, 6.45) is 3.22. The van der Waals surface area contributed by atoms with Gasteiger partial charge in [-0.2, -0.15) is 6.08 Å². The van der Waals surface area contributed by atoms with Crippen LogP contribution in [0.2, 0.25) is 0 Å². The van der Waals surface area contributed by atoms with E-state index in [0.717, 1.165) is 48.5 Å². The molecule has 9 heteroatoms. The van der Waals surface area contributed by atoms with Crippen LogP contribution in [-0.4, -0.2) is 3.21 Å². The van der Waals surface area contributed by atoms with Crippen LogP contribution in [0.3, 0.4) is 0 Å². The van der Waals surface area contributed by atoms with Gasteiger partial charge in [-0.15, -0.1) is 46.7 Å². The van der Waals surface area contributed by atoms with E-state index in [0.29, 0.717) is 9.12 Å². The van der Waals surface area contributed by atoms with Crippen molar-refractivity contribution in [3.8, 4) is 0 Å². The maximum Gasteiger partial charge on any atom is -1.00 e. The molecule has 0 saturated carbocycles. The predicted molar refractivity (Wildman–Crippen MR) is 207 cm³/mol. The number of benzene rings is 4. The van der Waals surface area contributed by atoms with Crippen molar-refractivity contribution in [2.24, 2.45) is 5.92 Å². The van der Waals surface area contributed by atoms with Crippen LogP contribution >= 0.6 is 0 Å². The molecule has 0 bridgehead atoms. The Morgan fingerprint density at radius 1 is 0.661 bits per heavy atom. The van der Waals surface area contributed by atoms with Crippen LogP contribution in [0.4, 0.5) is 26.3 Å². The molecule has 3 aliphatic rings. The summed E-state index contributed by atoms with van der Waals surface area (Å²) in [4.78, 5) is 0. The van der Waals surface area contributed by atoms with Gasteiger partial charge in [-0.1, -0.05) is 75.9 Å². The summed E-state index contributed by atoms with van der Waals surface area (Å²) >= 11 is 0.729. The summed E-state index contributed by atoms with van der Waals surface area (Å²) in [5.41, 5.74) is 9.13. The third-order valence-electron chi connectivity index (χ3n) is 10.4. The molecule has 0 aromatic heterocycles. The number of halogens is 8. The van der Waals surface area contributed by atoms with E-state index in [4.69, 9.17) is 0 Å². The first-order valence-corrected chi connectivity index (χ1v) is 19.1. The van der Waals surface area contributed by atoms with Gasteiger partial charge in [-0.25, -0.2) is 11.6 Å². The normalized spacial score (nSPS) is 17.3. The molecular weight excluding hydrogens is 841 g/mol. The Morgan fingerprint density at radius 3 is 1.39 bits per heavy atom. The minimum Gasteiger partial charge on any atom is -1.00 e. The first kappa shape index (κ1) is 45.3. The van der Waals surface area contributed by atoms with Crippen LogP contribution in [-0.2, 0) is 47.4 Å². The van der Waals surface area contributed by atoms with Crippen LogP contribution in [0.5, 0.6) is 0 Å². The van der Waals surface area contributed by atoms with Gasteiger partial charge in [0.1, 0.15) is 0 Å². The zero-order valence-electron chi connectivity index (χ0n) is 32.4. The van der Waals surface area contributed by atoms with Crippen molar-refractivity contribution in [1.29, 1.82) is 0 Å². The van der Waals surface area contributed by atoms with Gasteiger partial charge >= 0.3 is 137 Å². The van der Waals surface area contributed by atoms with Crippen LogP contribution in [0, 0.1) is 12.0 Å². The predicted octanol–water partition coefficient (Wildman–Crippen LogP) is 7.89. The summed E-state index contributed by atoms with van der Waals surface area (Å²) in [7, 11) is 0. The molecule has 1 atom stereocenters. The monoisotopic (exact) mass is 880 g/mol. The molecule has 5 aromatic carbocycles. The largest absolute Gasteiger partial charge is 1.00 e. The van der Waals surface area contributed by atoms with E-state index < -0.39 is 23.5 Å². The Morgan fingerprint density at radius 2 is 1.07 bits per heavy atom. The average Bonchev–Trinajstić information content (AvgIpc) is 3.78. The summed E-state index contributed by atoms with van der Waals surface area (Å²) < 4.78 is 76.7. The molecule has 0 spiro atoms. The Hall–Kier alpha value is -3.38. The number of hydrogen-bond donors (Lipinski definition) is 0. The third kappa shape index (κ3) is 9.32. The Kier molecular flexibility index (Phi) is 13.3. The van der Waals surface area contributed by atoms with Crippen molar-refractivity contribution in [2.75, 3.05) is 0 Å². The van der Waals surface area contributed by atoms with Gasteiger partial charge < -0.3 is 24.8 Å². The van der Waals surface area contributed by atoms with Gasteiger partial charge in [-0.3, -0.25) is 6.08 Å². The van der Waals surface area contributed by atoms with Crippen molar-refractivity contribution < 1.29 is 75.4 Å². The fourth-order valence-electron chi connectivity index (χ4n) is 7.84. The number of allylic oxidation sites excluding steroid dienone is 8. The molecule has 0 fully saturated rings. The van der Waals surface area contributed by atoms with Crippen molar-refractivity contribution in [1.82, 2.24) is 0 Å². The average molecular weight is 883 g/mol.